The fourth-order valence-electron chi connectivity index (χ4n) is 4.67. The standard InChI is InChI=1S/C29H25N5O2S/c1-3-34-26-11-7-4-8-22(26)23-18-20(14-17-27(23)34)30-28-29(32-25-10-6-5-9-24(25)31-28)33-37(35,36)21-15-12-19(2)13-16-21/h4-18H,3H2,1-2H3,(H,30,31)(H,32,33). The normalized spacial score (nSPS) is 11.8. The number of nitrogens with zero attached hydrogens (tertiary/aromatic N) is 3. The van der Waals surface area contributed by atoms with E-state index < -0.39 is 10.0 Å². The molecule has 0 aliphatic rings. The van der Waals surface area contributed by atoms with Gasteiger partial charge in [0.05, 0.1) is 15.9 Å². The summed E-state index contributed by atoms with van der Waals surface area (Å²) in [5, 5.41) is 5.59. The molecule has 2 N–H and O–H groups in total. The second-order valence-electron chi connectivity index (χ2n) is 8.95. The predicted octanol–water partition coefficient (Wildman–Crippen LogP) is 6.61. The van der Waals surface area contributed by atoms with Crippen molar-refractivity contribution in [2.75, 3.05) is 10.0 Å². The summed E-state index contributed by atoms with van der Waals surface area (Å²) in [5.41, 5.74) is 5.33. The second-order valence-corrected chi connectivity index (χ2v) is 10.6. The van der Waals surface area contributed by atoms with Crippen LogP contribution in [0.4, 0.5) is 17.3 Å². The molecule has 0 saturated carbocycles. The van der Waals surface area contributed by atoms with E-state index in [4.69, 9.17) is 4.98 Å². The van der Waals surface area contributed by atoms with Gasteiger partial charge in [-0.15, -0.1) is 0 Å². The molecule has 0 fully saturated rings. The van der Waals surface area contributed by atoms with E-state index in [1.54, 1.807) is 30.3 Å². The maximum Gasteiger partial charge on any atom is 0.263 e. The van der Waals surface area contributed by atoms with E-state index in [1.165, 1.54) is 5.52 Å². The molecule has 0 aliphatic carbocycles. The zero-order chi connectivity index (χ0) is 25.6. The zero-order valence-electron chi connectivity index (χ0n) is 20.4. The fourth-order valence-corrected chi connectivity index (χ4v) is 5.68. The first-order valence-corrected chi connectivity index (χ1v) is 13.6. The molecule has 2 heterocycles. The van der Waals surface area contributed by atoms with Crippen molar-refractivity contribution in [1.82, 2.24) is 14.5 Å². The number of benzene rings is 4. The minimum atomic E-state index is -3.87. The quantitative estimate of drug-likeness (QED) is 0.265. The van der Waals surface area contributed by atoms with Crippen molar-refractivity contribution < 1.29 is 8.42 Å². The lowest BCUT2D eigenvalue weighted by Gasteiger charge is -2.14. The average molecular weight is 508 g/mol. The van der Waals surface area contributed by atoms with Gasteiger partial charge in [-0.05, 0) is 62.4 Å². The molecule has 8 heteroatoms. The molecule has 6 rings (SSSR count). The summed E-state index contributed by atoms with van der Waals surface area (Å²) in [4.78, 5) is 9.49. The molecule has 184 valence electrons. The van der Waals surface area contributed by atoms with Gasteiger partial charge in [0, 0.05) is 34.0 Å². The number of anilines is 3. The van der Waals surface area contributed by atoms with E-state index in [1.807, 2.05) is 43.3 Å². The number of aryl methyl sites for hydroxylation is 2. The van der Waals surface area contributed by atoms with E-state index >= 15 is 0 Å². The van der Waals surface area contributed by atoms with Crippen LogP contribution in [0.25, 0.3) is 32.8 Å². The highest BCUT2D eigenvalue weighted by molar-refractivity contribution is 7.92. The molecule has 0 radical (unpaired) electrons. The number of hydrogen-bond acceptors (Lipinski definition) is 5. The Labute approximate surface area is 214 Å². The largest absolute Gasteiger partial charge is 0.341 e. The van der Waals surface area contributed by atoms with E-state index in [-0.39, 0.29) is 10.7 Å². The Morgan fingerprint density at radius 2 is 1.41 bits per heavy atom. The van der Waals surface area contributed by atoms with Gasteiger partial charge in [0.25, 0.3) is 10.0 Å². The van der Waals surface area contributed by atoms with Crippen LogP contribution in [0.15, 0.2) is 95.9 Å². The summed E-state index contributed by atoms with van der Waals surface area (Å²) < 4.78 is 31.3. The molecule has 4 aromatic carbocycles. The minimum Gasteiger partial charge on any atom is -0.341 e. The third-order valence-corrected chi connectivity index (χ3v) is 7.84. The van der Waals surface area contributed by atoms with Crippen LogP contribution in [-0.2, 0) is 16.6 Å². The van der Waals surface area contributed by atoms with Crippen molar-refractivity contribution in [3.05, 3.63) is 96.6 Å². The number of rotatable bonds is 6. The van der Waals surface area contributed by atoms with Gasteiger partial charge in [-0.2, -0.15) is 0 Å². The SMILES string of the molecule is CCn1c2ccccc2c2cc(Nc3nc4ccccc4nc3NS(=O)(=O)c3ccc(C)cc3)ccc21. The first-order valence-electron chi connectivity index (χ1n) is 12.1. The van der Waals surface area contributed by atoms with Crippen molar-refractivity contribution in [3.8, 4) is 0 Å². The van der Waals surface area contributed by atoms with Crippen LogP contribution in [0.2, 0.25) is 0 Å². The van der Waals surface area contributed by atoms with Crippen molar-refractivity contribution in [2.24, 2.45) is 0 Å². The summed E-state index contributed by atoms with van der Waals surface area (Å²) in [5.74, 6) is 0.461. The molecular formula is C29H25N5O2S. The summed E-state index contributed by atoms with van der Waals surface area (Å²) >= 11 is 0. The van der Waals surface area contributed by atoms with Gasteiger partial charge in [-0.1, -0.05) is 48.0 Å². The lowest BCUT2D eigenvalue weighted by molar-refractivity contribution is 0.601. The molecular weight excluding hydrogens is 482 g/mol. The highest BCUT2D eigenvalue weighted by Gasteiger charge is 2.19. The number of nitrogens with one attached hydrogen (secondary N) is 2. The van der Waals surface area contributed by atoms with Crippen LogP contribution in [0.1, 0.15) is 12.5 Å². The molecule has 0 unspecified atom stereocenters. The molecule has 0 aliphatic heterocycles. The highest BCUT2D eigenvalue weighted by atomic mass is 32.2. The third-order valence-electron chi connectivity index (χ3n) is 6.48. The van der Waals surface area contributed by atoms with Gasteiger partial charge in [0.1, 0.15) is 0 Å². The number of fused-ring (bicyclic) bond motifs is 4. The predicted molar refractivity (Wildman–Crippen MR) is 150 cm³/mol. The van der Waals surface area contributed by atoms with Crippen LogP contribution >= 0.6 is 0 Å². The number of para-hydroxylation sites is 3. The van der Waals surface area contributed by atoms with Gasteiger partial charge in [-0.25, -0.2) is 18.4 Å². The smallest absolute Gasteiger partial charge is 0.263 e. The lowest BCUT2D eigenvalue weighted by atomic mass is 10.1. The fraction of sp³-hybridized carbons (Fsp3) is 0.103. The van der Waals surface area contributed by atoms with Crippen molar-refractivity contribution in [3.63, 3.8) is 0 Å². The molecule has 0 spiro atoms. The summed E-state index contributed by atoms with van der Waals surface area (Å²) in [7, 11) is -3.87. The molecule has 7 nitrogen and oxygen atoms in total. The highest BCUT2D eigenvalue weighted by Crippen LogP contribution is 2.33. The Kier molecular flexibility index (Phi) is 5.53. The van der Waals surface area contributed by atoms with E-state index in [2.05, 4.69) is 50.8 Å². The first-order chi connectivity index (χ1) is 17.9. The van der Waals surface area contributed by atoms with Gasteiger partial charge in [0.2, 0.25) is 0 Å². The van der Waals surface area contributed by atoms with Crippen molar-refractivity contribution in [1.29, 1.82) is 0 Å². The maximum absolute atomic E-state index is 13.2. The number of sulfonamides is 1. The van der Waals surface area contributed by atoms with E-state index in [9.17, 15) is 8.42 Å². The van der Waals surface area contributed by atoms with Crippen LogP contribution in [-0.4, -0.2) is 23.0 Å². The molecule has 37 heavy (non-hydrogen) atoms. The summed E-state index contributed by atoms with van der Waals surface area (Å²) in [6.45, 7) is 4.91. The first kappa shape index (κ1) is 23.0. The zero-order valence-corrected chi connectivity index (χ0v) is 21.3. The van der Waals surface area contributed by atoms with Crippen LogP contribution in [0, 0.1) is 6.92 Å². The summed E-state index contributed by atoms with van der Waals surface area (Å²) in [6.07, 6.45) is 0. The van der Waals surface area contributed by atoms with Crippen molar-refractivity contribution in [2.45, 2.75) is 25.3 Å². The Morgan fingerprint density at radius 3 is 2.14 bits per heavy atom. The van der Waals surface area contributed by atoms with E-state index in [0.717, 1.165) is 34.1 Å². The van der Waals surface area contributed by atoms with E-state index in [0.29, 0.717) is 16.9 Å². The Bertz CT molecular complexity index is 1890. The lowest BCUT2D eigenvalue weighted by Crippen LogP contribution is -2.16. The Balaban J connectivity index is 1.45. The van der Waals surface area contributed by atoms with Crippen LogP contribution < -0.4 is 10.0 Å². The molecule has 0 bridgehead atoms. The molecule has 6 aromatic rings. The second kappa shape index (κ2) is 8.90. The van der Waals surface area contributed by atoms with Gasteiger partial charge in [0.15, 0.2) is 11.6 Å². The monoisotopic (exact) mass is 507 g/mol. The molecule has 0 atom stereocenters. The minimum absolute atomic E-state index is 0.135. The van der Waals surface area contributed by atoms with Crippen LogP contribution in [0.5, 0.6) is 0 Å². The van der Waals surface area contributed by atoms with Gasteiger partial charge in [-0.3, -0.25) is 4.72 Å². The summed E-state index contributed by atoms with van der Waals surface area (Å²) in [6, 6.07) is 28.5. The van der Waals surface area contributed by atoms with Crippen molar-refractivity contribution >= 4 is 60.2 Å². The Hall–Kier alpha value is -4.43. The number of aromatic nitrogens is 3. The third kappa shape index (κ3) is 4.15. The molecule has 2 aromatic heterocycles. The van der Waals surface area contributed by atoms with Crippen LogP contribution in [0.3, 0.4) is 0 Å². The number of hydrogen-bond donors (Lipinski definition) is 2. The maximum atomic E-state index is 13.2. The van der Waals surface area contributed by atoms with Gasteiger partial charge >= 0.3 is 0 Å². The van der Waals surface area contributed by atoms with Gasteiger partial charge < -0.3 is 9.88 Å². The molecule has 0 saturated heterocycles. The topological polar surface area (TPSA) is 88.9 Å². The average Bonchev–Trinajstić information content (AvgIpc) is 3.22. The Morgan fingerprint density at radius 1 is 0.757 bits per heavy atom. The molecule has 0 amide bonds.